The molecule has 3 fully saturated rings. The Balaban J connectivity index is 1.66. The molecule has 128 valence electrons. The van der Waals surface area contributed by atoms with Crippen molar-refractivity contribution < 1.29 is 9.90 Å². The lowest BCUT2D eigenvalue weighted by Crippen LogP contribution is -2.50. The first kappa shape index (κ1) is 15.9. The fraction of sp³-hybridized carbons (Fsp3) is 0.857. The monoisotopic (exact) mass is 318 g/mol. The van der Waals surface area contributed by atoms with E-state index in [-0.39, 0.29) is 11.5 Å². The molecule has 23 heavy (non-hydrogen) atoms. The van der Waals surface area contributed by atoms with E-state index in [4.69, 9.17) is 0 Å². The number of aliphatic hydroxyl groups excluding tert-OH is 1. The van der Waals surface area contributed by atoms with E-state index >= 15 is 0 Å². The number of allylic oxidation sites excluding steroid dienone is 1. The molecule has 0 unspecified atom stereocenters. The maximum Gasteiger partial charge on any atom is 0.133 e. The molecule has 1 N–H and O–H groups in total. The smallest absolute Gasteiger partial charge is 0.133 e. The predicted molar refractivity (Wildman–Crippen MR) is 91.9 cm³/mol. The minimum Gasteiger partial charge on any atom is -0.393 e. The summed E-state index contributed by atoms with van der Waals surface area (Å²) >= 11 is 0. The van der Waals surface area contributed by atoms with Crippen LogP contribution in [0.15, 0.2) is 11.6 Å². The zero-order valence-electron chi connectivity index (χ0n) is 15.0. The summed E-state index contributed by atoms with van der Waals surface area (Å²) in [5, 5.41) is 10.1. The van der Waals surface area contributed by atoms with Gasteiger partial charge in [0.1, 0.15) is 5.78 Å². The van der Waals surface area contributed by atoms with Gasteiger partial charge in [0.15, 0.2) is 0 Å². The molecule has 0 spiro atoms. The van der Waals surface area contributed by atoms with Gasteiger partial charge in [0.25, 0.3) is 0 Å². The molecule has 0 aromatic rings. The molecule has 2 heteroatoms. The van der Waals surface area contributed by atoms with Gasteiger partial charge in [-0.3, -0.25) is 4.79 Å². The molecule has 2 nitrogen and oxygen atoms in total. The van der Waals surface area contributed by atoms with E-state index in [0.29, 0.717) is 17.1 Å². The summed E-state index contributed by atoms with van der Waals surface area (Å²) < 4.78 is 0. The topological polar surface area (TPSA) is 37.3 Å². The van der Waals surface area contributed by atoms with E-state index in [1.807, 2.05) is 6.92 Å². The van der Waals surface area contributed by atoms with Crippen LogP contribution in [0, 0.1) is 34.5 Å². The fourth-order valence-electron chi connectivity index (χ4n) is 7.31. The zero-order chi connectivity index (χ0) is 16.4. The highest BCUT2D eigenvalue weighted by Gasteiger charge is 2.59. The quantitative estimate of drug-likeness (QED) is 0.722. The molecule has 4 aliphatic rings. The van der Waals surface area contributed by atoms with Crippen molar-refractivity contribution in [2.45, 2.75) is 78.2 Å². The molecule has 0 aromatic heterocycles. The highest BCUT2D eigenvalue weighted by Crippen LogP contribution is 2.66. The maximum atomic E-state index is 12.2. The molecule has 0 amide bonds. The second kappa shape index (κ2) is 5.18. The molecule has 0 radical (unpaired) electrons. The van der Waals surface area contributed by atoms with Crippen molar-refractivity contribution in [2.24, 2.45) is 34.5 Å². The maximum absolute atomic E-state index is 12.2. The number of aliphatic hydroxyl groups is 1. The van der Waals surface area contributed by atoms with Crippen molar-refractivity contribution in [3.05, 3.63) is 11.6 Å². The van der Waals surface area contributed by atoms with Gasteiger partial charge in [0.05, 0.1) is 6.10 Å². The van der Waals surface area contributed by atoms with Crippen LogP contribution in [0.1, 0.15) is 72.1 Å². The van der Waals surface area contributed by atoms with Crippen LogP contribution in [0.2, 0.25) is 0 Å². The third kappa shape index (κ3) is 2.13. The van der Waals surface area contributed by atoms with Crippen molar-refractivity contribution in [3.8, 4) is 0 Å². The summed E-state index contributed by atoms with van der Waals surface area (Å²) in [6.07, 6.45) is 11.5. The molecular formula is C21H32O2. The Hall–Kier alpha value is -0.630. The van der Waals surface area contributed by atoms with Crippen LogP contribution in [-0.4, -0.2) is 17.0 Å². The Morgan fingerprint density at radius 3 is 2.70 bits per heavy atom. The summed E-state index contributed by atoms with van der Waals surface area (Å²) in [5.74, 6) is 3.00. The normalized spacial score (nSPS) is 52.2. The summed E-state index contributed by atoms with van der Waals surface area (Å²) in [5.41, 5.74) is 2.11. The average molecular weight is 318 g/mol. The lowest BCUT2D eigenvalue weighted by molar-refractivity contribution is -0.127. The van der Waals surface area contributed by atoms with Crippen LogP contribution in [0.25, 0.3) is 0 Å². The Morgan fingerprint density at radius 1 is 1.17 bits per heavy atom. The number of carbonyl (C=O) groups excluding carboxylic acids is 1. The molecule has 0 aromatic carbocycles. The number of fused-ring (bicyclic) bond motifs is 5. The minimum absolute atomic E-state index is 0.117. The molecule has 4 rings (SSSR count). The van der Waals surface area contributed by atoms with E-state index < -0.39 is 0 Å². The minimum atomic E-state index is -0.117. The van der Waals surface area contributed by atoms with Gasteiger partial charge < -0.3 is 5.11 Å². The fourth-order valence-corrected chi connectivity index (χ4v) is 7.31. The average Bonchev–Trinajstić information content (AvgIpc) is 2.85. The van der Waals surface area contributed by atoms with E-state index in [2.05, 4.69) is 19.9 Å². The first-order valence-electron chi connectivity index (χ1n) is 9.74. The first-order valence-corrected chi connectivity index (χ1v) is 9.74. The third-order valence-corrected chi connectivity index (χ3v) is 8.57. The lowest BCUT2D eigenvalue weighted by atomic mass is 9.47. The van der Waals surface area contributed by atoms with E-state index in [9.17, 15) is 9.90 Å². The van der Waals surface area contributed by atoms with Gasteiger partial charge in [0.2, 0.25) is 0 Å². The van der Waals surface area contributed by atoms with Gasteiger partial charge in [-0.2, -0.15) is 0 Å². The molecule has 4 aliphatic carbocycles. The van der Waals surface area contributed by atoms with Crippen LogP contribution in [0.4, 0.5) is 0 Å². The highest BCUT2D eigenvalue weighted by molar-refractivity contribution is 5.79. The van der Waals surface area contributed by atoms with Crippen molar-refractivity contribution in [3.63, 3.8) is 0 Å². The lowest BCUT2D eigenvalue weighted by Gasteiger charge is -2.57. The van der Waals surface area contributed by atoms with Crippen LogP contribution < -0.4 is 0 Å². The zero-order valence-corrected chi connectivity index (χ0v) is 15.0. The highest BCUT2D eigenvalue weighted by atomic mass is 16.3. The Morgan fingerprint density at radius 2 is 1.96 bits per heavy atom. The Bertz CT molecular complexity index is 550. The molecule has 0 saturated heterocycles. The molecule has 0 heterocycles. The summed E-state index contributed by atoms with van der Waals surface area (Å²) in [7, 11) is 0. The van der Waals surface area contributed by atoms with Crippen LogP contribution in [0.3, 0.4) is 0 Å². The van der Waals surface area contributed by atoms with Gasteiger partial charge in [-0.05, 0) is 86.9 Å². The largest absolute Gasteiger partial charge is 0.393 e. The van der Waals surface area contributed by atoms with Gasteiger partial charge in [-0.25, -0.2) is 0 Å². The Kier molecular flexibility index (Phi) is 3.58. The van der Waals surface area contributed by atoms with Gasteiger partial charge in [-0.15, -0.1) is 0 Å². The van der Waals surface area contributed by atoms with E-state index in [1.54, 1.807) is 5.57 Å². The standard InChI is InChI=1S/C21H32O2/c1-13(22)17-6-7-18-16-5-4-14-12-15(23)8-10-20(14,2)19(16)9-11-21(17,18)3/h4,15-19,23H,5-12H2,1-3H3/t15-,16-,17+,18-,19-,20-,21+/m0/s1/i1+2. The van der Waals surface area contributed by atoms with Gasteiger partial charge >= 0.3 is 0 Å². The number of ketones is 1. The number of carbonyl (C=O) groups is 1. The molecule has 0 bridgehead atoms. The van der Waals surface area contributed by atoms with Crippen LogP contribution in [0.5, 0.6) is 0 Å². The van der Waals surface area contributed by atoms with E-state index in [0.717, 1.165) is 43.4 Å². The van der Waals surface area contributed by atoms with Gasteiger partial charge in [0, 0.05) is 5.92 Å². The van der Waals surface area contributed by atoms with E-state index in [1.165, 1.54) is 25.7 Å². The predicted octanol–water partition coefficient (Wildman–Crippen LogP) is 4.52. The molecule has 0 aliphatic heterocycles. The third-order valence-electron chi connectivity index (χ3n) is 8.57. The van der Waals surface area contributed by atoms with Crippen LogP contribution >= 0.6 is 0 Å². The number of rotatable bonds is 1. The number of Topliss-reactive ketones (excluding diaryl/α,β-unsaturated/α-hetero) is 1. The summed E-state index contributed by atoms with van der Waals surface area (Å²) in [6.45, 7) is 6.70. The molecule has 7 atom stereocenters. The second-order valence-electron chi connectivity index (χ2n) is 9.44. The van der Waals surface area contributed by atoms with Crippen molar-refractivity contribution in [1.82, 2.24) is 0 Å². The van der Waals surface area contributed by atoms with Crippen molar-refractivity contribution in [1.29, 1.82) is 0 Å². The summed E-state index contributed by atoms with van der Waals surface area (Å²) in [4.78, 5) is 12.2. The van der Waals surface area contributed by atoms with Crippen LogP contribution in [-0.2, 0) is 4.79 Å². The van der Waals surface area contributed by atoms with Crippen molar-refractivity contribution in [2.75, 3.05) is 0 Å². The molecular weight excluding hydrogens is 286 g/mol. The first-order chi connectivity index (χ1) is 10.9. The molecule has 3 saturated carbocycles. The second-order valence-corrected chi connectivity index (χ2v) is 9.44. The summed E-state index contributed by atoms with van der Waals surface area (Å²) in [6, 6.07) is 0. The Labute approximate surface area is 140 Å². The van der Waals surface area contributed by atoms with Crippen molar-refractivity contribution >= 4 is 5.78 Å². The SMILES string of the molecule is C[C@]12CC[C@H]3[C@@H](CC=C4C[C@@H](O)CC[C@@]43C)[C@@H]1CC[C@@H]2C([14CH3])=O. The van der Waals surface area contributed by atoms with Gasteiger partial charge in [-0.1, -0.05) is 25.5 Å². The number of hydrogen-bond acceptors (Lipinski definition) is 2. The number of hydrogen-bond donors (Lipinski definition) is 1.